The number of aromatic amines is 1. The third-order valence-electron chi connectivity index (χ3n) is 2.36. The molecule has 0 aliphatic heterocycles. The van der Waals surface area contributed by atoms with E-state index in [-0.39, 0.29) is 28.8 Å². The first kappa shape index (κ1) is 17.6. The number of rotatable bonds is 5. The summed E-state index contributed by atoms with van der Waals surface area (Å²) in [5, 5.41) is 10.1. The molecule has 2 heterocycles. The summed E-state index contributed by atoms with van der Waals surface area (Å²) in [7, 11) is 0. The summed E-state index contributed by atoms with van der Waals surface area (Å²) < 4.78 is 11.1. The molecule has 0 amide bonds. The molecule has 0 radical (unpaired) electrons. The lowest BCUT2D eigenvalue weighted by molar-refractivity contribution is -0.896. The lowest BCUT2D eigenvalue weighted by Gasteiger charge is -2.04. The molecule has 114 valence electrons. The standard InChI is InChI=1S/C12H11ClN2O4S.ClH/c1-2-18-20-19-9-4-3-7-15(17)11(9)8-5-6-10(13)14-12(8)16;/h3-7,17H,2H2,1H3;1H/p+1. The summed E-state index contributed by atoms with van der Waals surface area (Å²) in [6.07, 6.45) is 1.39. The van der Waals surface area contributed by atoms with Gasteiger partial charge in [-0.1, -0.05) is 11.6 Å². The summed E-state index contributed by atoms with van der Waals surface area (Å²) in [4.78, 5) is 14.4. The van der Waals surface area contributed by atoms with Gasteiger partial charge in [-0.2, -0.15) is 0 Å². The predicted molar refractivity (Wildman–Crippen MR) is 82.0 cm³/mol. The minimum Gasteiger partial charge on any atom is -0.393 e. The Morgan fingerprint density at radius 1 is 1.43 bits per heavy atom. The maximum Gasteiger partial charge on any atom is 0.313 e. The SMILES string of the molecule is CCOSOc1ccc[n+](O)c1-c1ccc(Cl)[nH]c1=O.Cl. The Labute approximate surface area is 136 Å². The Kier molecular flexibility index (Phi) is 6.83. The number of nitrogens with zero attached hydrogens (tertiary/aromatic N) is 1. The second kappa shape index (κ2) is 8.14. The summed E-state index contributed by atoms with van der Waals surface area (Å²) >= 11 is 6.48. The van der Waals surface area contributed by atoms with Gasteiger partial charge in [-0.25, -0.2) is 0 Å². The number of hydrogen-bond donors (Lipinski definition) is 2. The molecule has 0 unspecified atom stereocenters. The number of hydrogen-bond acceptors (Lipinski definition) is 5. The van der Waals surface area contributed by atoms with Crippen LogP contribution >= 0.6 is 36.3 Å². The highest BCUT2D eigenvalue weighted by atomic mass is 35.5. The molecule has 0 aromatic carbocycles. The van der Waals surface area contributed by atoms with E-state index in [4.69, 9.17) is 20.0 Å². The number of aromatic nitrogens is 2. The third kappa shape index (κ3) is 4.28. The van der Waals surface area contributed by atoms with E-state index in [1.165, 1.54) is 18.3 Å². The van der Waals surface area contributed by atoms with E-state index in [9.17, 15) is 10.0 Å². The van der Waals surface area contributed by atoms with Crippen molar-refractivity contribution in [2.24, 2.45) is 0 Å². The van der Waals surface area contributed by atoms with Crippen LogP contribution in [0.5, 0.6) is 5.75 Å². The van der Waals surface area contributed by atoms with Crippen LogP contribution in [0.4, 0.5) is 0 Å². The van der Waals surface area contributed by atoms with Crippen LogP contribution in [0, 0.1) is 0 Å². The molecule has 6 nitrogen and oxygen atoms in total. The van der Waals surface area contributed by atoms with Crippen molar-refractivity contribution >= 4 is 36.3 Å². The van der Waals surface area contributed by atoms with Crippen molar-refractivity contribution in [3.63, 3.8) is 0 Å². The molecular weight excluding hydrogens is 339 g/mol. The lowest BCUT2D eigenvalue weighted by atomic mass is 10.2. The van der Waals surface area contributed by atoms with Gasteiger partial charge in [0, 0.05) is 10.8 Å². The second-order valence-electron chi connectivity index (χ2n) is 3.67. The molecule has 0 atom stereocenters. The van der Waals surface area contributed by atoms with Gasteiger partial charge in [-0.15, -0.1) is 12.4 Å². The maximum absolute atomic E-state index is 11.9. The van der Waals surface area contributed by atoms with Crippen LogP contribution in [0.2, 0.25) is 5.15 Å². The van der Waals surface area contributed by atoms with Crippen LogP contribution in [-0.4, -0.2) is 16.8 Å². The maximum atomic E-state index is 11.9. The fraction of sp³-hybridized carbons (Fsp3) is 0.167. The van der Waals surface area contributed by atoms with Crippen molar-refractivity contribution in [3.8, 4) is 17.0 Å². The third-order valence-corrected chi connectivity index (χ3v) is 3.16. The Morgan fingerprint density at radius 3 is 2.86 bits per heavy atom. The van der Waals surface area contributed by atoms with Crippen LogP contribution in [0.25, 0.3) is 11.3 Å². The van der Waals surface area contributed by atoms with Crippen molar-refractivity contribution < 1.29 is 18.3 Å². The second-order valence-corrected chi connectivity index (χ2v) is 4.62. The zero-order valence-corrected chi connectivity index (χ0v) is 13.3. The summed E-state index contributed by atoms with van der Waals surface area (Å²) in [6.45, 7) is 2.28. The first-order chi connectivity index (χ1) is 9.63. The Hall–Kier alpha value is -1.41. The first-order valence-electron chi connectivity index (χ1n) is 5.72. The van der Waals surface area contributed by atoms with Gasteiger partial charge in [0.2, 0.25) is 24.3 Å². The highest BCUT2D eigenvalue weighted by Crippen LogP contribution is 2.27. The van der Waals surface area contributed by atoms with Crippen LogP contribution in [0.3, 0.4) is 0 Å². The molecule has 0 aliphatic carbocycles. The fourth-order valence-electron chi connectivity index (χ4n) is 1.55. The van der Waals surface area contributed by atoms with E-state index in [0.29, 0.717) is 12.4 Å². The van der Waals surface area contributed by atoms with Crippen LogP contribution in [0.1, 0.15) is 6.92 Å². The average molecular weight is 352 g/mol. The van der Waals surface area contributed by atoms with Crippen molar-refractivity contribution in [2.45, 2.75) is 6.92 Å². The largest absolute Gasteiger partial charge is 0.393 e. The molecule has 2 rings (SSSR count). The number of nitrogens with one attached hydrogen (secondary N) is 1. The molecule has 0 fully saturated rings. The van der Waals surface area contributed by atoms with Crippen molar-refractivity contribution in [1.29, 1.82) is 0 Å². The van der Waals surface area contributed by atoms with E-state index in [0.717, 1.165) is 17.1 Å². The molecule has 9 heteroatoms. The van der Waals surface area contributed by atoms with Gasteiger partial charge < -0.3 is 9.17 Å². The highest BCUT2D eigenvalue weighted by molar-refractivity contribution is 7.90. The number of pyridine rings is 2. The highest BCUT2D eigenvalue weighted by Gasteiger charge is 2.23. The molecular formula is C12H13Cl2N2O4S+. The van der Waals surface area contributed by atoms with E-state index in [1.807, 2.05) is 6.92 Å². The summed E-state index contributed by atoms with van der Waals surface area (Å²) in [5.74, 6) is 0.293. The normalized spacial score (nSPS) is 10.0. The van der Waals surface area contributed by atoms with Gasteiger partial charge in [0.15, 0.2) is 0 Å². The Morgan fingerprint density at radius 2 is 2.19 bits per heavy atom. The van der Waals surface area contributed by atoms with Crippen molar-refractivity contribution in [1.82, 2.24) is 4.98 Å². The molecule has 2 aromatic rings. The molecule has 0 spiro atoms. The molecule has 0 bridgehead atoms. The van der Waals surface area contributed by atoms with Crippen LogP contribution in [0.15, 0.2) is 35.3 Å². The topological polar surface area (TPSA) is 75.4 Å². The fourth-order valence-corrected chi connectivity index (χ4v) is 2.05. The smallest absolute Gasteiger partial charge is 0.313 e. The van der Waals surface area contributed by atoms with E-state index < -0.39 is 5.56 Å². The van der Waals surface area contributed by atoms with E-state index in [2.05, 4.69) is 4.98 Å². The van der Waals surface area contributed by atoms with E-state index >= 15 is 0 Å². The molecule has 0 saturated heterocycles. The van der Waals surface area contributed by atoms with Crippen molar-refractivity contribution in [3.05, 3.63) is 46.0 Å². The molecule has 21 heavy (non-hydrogen) atoms. The van der Waals surface area contributed by atoms with E-state index in [1.54, 1.807) is 12.1 Å². The Bertz CT molecular complexity index is 666. The monoisotopic (exact) mass is 351 g/mol. The van der Waals surface area contributed by atoms with Crippen LogP contribution in [-0.2, 0) is 4.18 Å². The van der Waals surface area contributed by atoms with Gasteiger partial charge in [-0.3, -0.25) is 14.2 Å². The van der Waals surface area contributed by atoms with Gasteiger partial charge in [0.1, 0.15) is 10.7 Å². The average Bonchev–Trinajstić information content (AvgIpc) is 2.41. The van der Waals surface area contributed by atoms with Gasteiger partial charge in [0.25, 0.3) is 5.56 Å². The number of H-pyrrole nitrogens is 1. The van der Waals surface area contributed by atoms with Crippen LogP contribution < -0.4 is 14.5 Å². The predicted octanol–water partition coefficient (Wildman–Crippen LogP) is 2.62. The number of halogens is 2. The summed E-state index contributed by atoms with van der Waals surface area (Å²) in [5.41, 5.74) is -0.0000203. The molecule has 2 aromatic heterocycles. The molecule has 2 N–H and O–H groups in total. The molecule has 0 aliphatic rings. The van der Waals surface area contributed by atoms with Gasteiger partial charge in [0.05, 0.1) is 6.61 Å². The zero-order chi connectivity index (χ0) is 14.5. The minimum atomic E-state index is -0.433. The molecule has 0 saturated carbocycles. The first-order valence-corrected chi connectivity index (χ1v) is 6.77. The van der Waals surface area contributed by atoms with Gasteiger partial charge in [-0.05, 0) is 25.1 Å². The summed E-state index contributed by atoms with van der Waals surface area (Å²) in [6, 6.07) is 6.21. The Balaban J connectivity index is 0.00000220. The quantitative estimate of drug-likeness (QED) is 0.284. The van der Waals surface area contributed by atoms with Gasteiger partial charge >= 0.3 is 5.69 Å². The minimum absolute atomic E-state index is 0. The van der Waals surface area contributed by atoms with Crippen molar-refractivity contribution in [2.75, 3.05) is 6.61 Å². The zero-order valence-electron chi connectivity index (χ0n) is 10.9. The lowest BCUT2D eigenvalue weighted by Crippen LogP contribution is -2.34.